The molecule has 0 aliphatic carbocycles. The van der Waals surface area contributed by atoms with Crippen molar-refractivity contribution in [3.8, 4) is 0 Å². The fourth-order valence-electron chi connectivity index (χ4n) is 1.18. The highest BCUT2D eigenvalue weighted by atomic mass is 16.5. The van der Waals surface area contributed by atoms with E-state index in [1.54, 1.807) is 21.1 Å². The Hall–Kier alpha value is -1.10. The number of ether oxygens (including phenoxy) is 1. The lowest BCUT2D eigenvalue weighted by Gasteiger charge is -2.28. The fraction of sp³-hybridized carbons (Fsp3) is 0.818. The van der Waals surface area contributed by atoms with E-state index in [0.29, 0.717) is 0 Å². The monoisotopic (exact) mass is 238 g/mol. The average Bonchev–Trinajstić information content (AvgIpc) is 2.05. The molecular formula is C11H22NO4+. The van der Waals surface area contributed by atoms with Crippen LogP contribution < -0.4 is 0 Å². The number of rotatable bonds is 6. The van der Waals surface area contributed by atoms with E-state index >= 15 is 0 Å². The smallest absolute Gasteiger partial charge is 0.308 e. The third-order valence-electron chi connectivity index (χ3n) is 1.67. The van der Waals surface area contributed by atoms with Gasteiger partial charge in [0, 0.05) is 8.22 Å². The quantitative estimate of drug-likeness (QED) is 0.547. The van der Waals surface area contributed by atoms with Crippen molar-refractivity contribution in [2.45, 2.75) is 26.2 Å². The zero-order valence-electron chi connectivity index (χ0n) is 15.7. The van der Waals surface area contributed by atoms with Gasteiger partial charge in [-0.1, -0.05) is 13.7 Å². The molecule has 0 aromatic heterocycles. The highest BCUT2D eigenvalue weighted by Gasteiger charge is 2.25. The van der Waals surface area contributed by atoms with Crippen LogP contribution in [0, 0.1) is 5.92 Å². The summed E-state index contributed by atoms with van der Waals surface area (Å²) in [5.74, 6) is -4.96. The van der Waals surface area contributed by atoms with E-state index in [4.69, 9.17) is 18.1 Å². The lowest BCUT2D eigenvalue weighted by atomic mass is 10.2. The largest absolute Gasteiger partial charge is 0.481 e. The van der Waals surface area contributed by atoms with E-state index in [1.807, 2.05) is 0 Å². The Morgan fingerprint density at radius 2 is 1.94 bits per heavy atom. The van der Waals surface area contributed by atoms with Crippen molar-refractivity contribution >= 4 is 11.9 Å². The van der Waals surface area contributed by atoms with Crippen molar-refractivity contribution in [1.82, 2.24) is 0 Å². The molecule has 0 spiro atoms. The molecule has 1 atom stereocenters. The maximum atomic E-state index is 12.0. The summed E-state index contributed by atoms with van der Waals surface area (Å²) in [5, 5.41) is 8.83. The second-order valence-electron chi connectivity index (χ2n) is 4.56. The Kier molecular flexibility index (Phi) is 2.65. The molecule has 0 aliphatic heterocycles. The van der Waals surface area contributed by atoms with Gasteiger partial charge >= 0.3 is 11.9 Å². The zero-order valence-corrected chi connectivity index (χ0v) is 9.69. The molecule has 0 saturated heterocycles. The van der Waals surface area contributed by atoms with Crippen LogP contribution in [-0.2, 0) is 14.3 Å². The van der Waals surface area contributed by atoms with Gasteiger partial charge in [-0.05, 0) is 0 Å². The van der Waals surface area contributed by atoms with E-state index < -0.39 is 44.1 Å². The third kappa shape index (κ3) is 7.23. The number of carboxylic acids is 1. The first-order valence-electron chi connectivity index (χ1n) is 7.77. The van der Waals surface area contributed by atoms with Crippen molar-refractivity contribution in [3.63, 3.8) is 0 Å². The van der Waals surface area contributed by atoms with Gasteiger partial charge in [0.05, 0.1) is 33.5 Å². The first-order valence-corrected chi connectivity index (χ1v) is 4.77. The van der Waals surface area contributed by atoms with E-state index in [2.05, 4.69) is 0 Å². The van der Waals surface area contributed by atoms with Crippen LogP contribution in [0.1, 0.15) is 28.3 Å². The van der Waals surface area contributed by atoms with Crippen molar-refractivity contribution < 1.29 is 32.1 Å². The van der Waals surface area contributed by atoms with Crippen LogP contribution in [0.2, 0.25) is 0 Å². The predicted molar refractivity (Wildman–Crippen MR) is 59.9 cm³/mol. The maximum absolute atomic E-state index is 12.0. The summed E-state index contributed by atoms with van der Waals surface area (Å²) in [4.78, 5) is 22.8. The van der Waals surface area contributed by atoms with Crippen LogP contribution in [0.3, 0.4) is 0 Å². The normalized spacial score (nSPS) is 20.8. The molecule has 1 N–H and O–H groups in total. The minimum Gasteiger partial charge on any atom is -0.481 e. The van der Waals surface area contributed by atoms with Gasteiger partial charge in [0.1, 0.15) is 6.54 Å². The molecule has 0 aromatic rings. The molecule has 0 aromatic carbocycles. The second kappa shape index (κ2) is 5.84. The highest BCUT2D eigenvalue weighted by molar-refractivity contribution is 5.73. The summed E-state index contributed by atoms with van der Waals surface area (Å²) in [5.41, 5.74) is 0. The molecule has 0 saturated carbocycles. The SMILES string of the molecule is [2H]C([2H])([2H])C(C(=O)OC(CC(=O)O)C[N+](C)(C)C)C([2H])([2H])[2H]. The standard InChI is InChI=1S/C11H21NO4/c1-8(2)11(15)16-9(6-10(13)14)7-12(3,4)5/h8-9H,6-7H2,1-5H3/p+1/i1D3,2D3. The molecule has 0 fully saturated rings. The first kappa shape index (κ1) is 7.27. The Labute approximate surface area is 105 Å². The predicted octanol–water partition coefficient (Wildman–Crippen LogP) is 0.735. The Balaban J connectivity index is 5.25. The Bertz CT molecular complexity index is 398. The zero-order chi connectivity index (χ0) is 17.9. The van der Waals surface area contributed by atoms with Crippen LogP contribution in [0.15, 0.2) is 0 Å². The Morgan fingerprint density at radius 1 is 1.38 bits per heavy atom. The third-order valence-corrected chi connectivity index (χ3v) is 1.67. The van der Waals surface area contributed by atoms with Gasteiger partial charge in [-0.15, -0.1) is 0 Å². The number of carbonyl (C=O) groups excluding carboxylic acids is 1. The molecule has 0 aliphatic rings. The molecule has 5 heteroatoms. The van der Waals surface area contributed by atoms with Crippen LogP contribution in [0.5, 0.6) is 0 Å². The maximum Gasteiger partial charge on any atom is 0.308 e. The van der Waals surface area contributed by atoms with Gasteiger partial charge in [-0.25, -0.2) is 0 Å². The number of esters is 1. The van der Waals surface area contributed by atoms with Gasteiger partial charge < -0.3 is 14.3 Å². The van der Waals surface area contributed by atoms with Crippen LogP contribution in [0.4, 0.5) is 0 Å². The van der Waals surface area contributed by atoms with Gasteiger partial charge in [-0.3, -0.25) is 9.59 Å². The van der Waals surface area contributed by atoms with E-state index in [9.17, 15) is 9.59 Å². The molecular weight excluding hydrogens is 210 g/mol. The molecule has 0 amide bonds. The molecule has 0 radical (unpaired) electrons. The summed E-state index contributed by atoms with van der Waals surface area (Å²) in [6, 6.07) is 0. The second-order valence-corrected chi connectivity index (χ2v) is 4.56. The molecule has 94 valence electrons. The van der Waals surface area contributed by atoms with Gasteiger partial charge in [0.2, 0.25) is 0 Å². The summed E-state index contributed by atoms with van der Waals surface area (Å²) >= 11 is 0. The molecule has 16 heavy (non-hydrogen) atoms. The topological polar surface area (TPSA) is 63.6 Å². The highest BCUT2D eigenvalue weighted by Crippen LogP contribution is 2.08. The van der Waals surface area contributed by atoms with Crippen LogP contribution in [0.25, 0.3) is 0 Å². The molecule has 1 unspecified atom stereocenters. The van der Waals surface area contributed by atoms with Gasteiger partial charge in [0.25, 0.3) is 0 Å². The lowest BCUT2D eigenvalue weighted by molar-refractivity contribution is -0.873. The fourth-order valence-corrected chi connectivity index (χ4v) is 1.18. The van der Waals surface area contributed by atoms with Crippen molar-refractivity contribution in [1.29, 1.82) is 0 Å². The molecule has 5 nitrogen and oxygen atoms in total. The number of carboxylic acid groups (broad SMARTS) is 1. The number of nitrogens with zero attached hydrogens (tertiary/aromatic N) is 1. The summed E-state index contributed by atoms with van der Waals surface area (Å²) in [6.45, 7) is -6.02. The molecule has 0 rings (SSSR count). The summed E-state index contributed by atoms with van der Waals surface area (Å²) in [7, 11) is 5.19. The number of carbonyl (C=O) groups is 2. The van der Waals surface area contributed by atoms with Gasteiger partial charge in [0.15, 0.2) is 6.10 Å². The Morgan fingerprint density at radius 3 is 2.31 bits per heavy atom. The van der Waals surface area contributed by atoms with Crippen molar-refractivity contribution in [3.05, 3.63) is 0 Å². The molecule has 0 bridgehead atoms. The van der Waals surface area contributed by atoms with Crippen molar-refractivity contribution in [2.75, 3.05) is 27.7 Å². The van der Waals surface area contributed by atoms with E-state index in [1.165, 1.54) is 0 Å². The van der Waals surface area contributed by atoms with Crippen LogP contribution in [-0.4, -0.2) is 55.3 Å². The number of quaternary nitrogens is 1. The van der Waals surface area contributed by atoms with E-state index in [-0.39, 0.29) is 11.0 Å². The first-order chi connectivity index (χ1) is 9.54. The number of likely N-dealkylation sites (N-methyl/N-ethyl adjacent to an activating group) is 1. The average molecular weight is 238 g/mol. The van der Waals surface area contributed by atoms with Gasteiger partial charge in [-0.2, -0.15) is 0 Å². The number of aliphatic carboxylic acids is 1. The minimum absolute atomic E-state index is 0.104. The summed E-state index contributed by atoms with van der Waals surface area (Å²) in [6.07, 6.45) is -1.65. The van der Waals surface area contributed by atoms with Crippen molar-refractivity contribution in [2.24, 2.45) is 5.92 Å². The van der Waals surface area contributed by atoms with Crippen LogP contribution >= 0.6 is 0 Å². The van der Waals surface area contributed by atoms with E-state index in [0.717, 1.165) is 0 Å². The minimum atomic E-state index is -3.06. The lowest BCUT2D eigenvalue weighted by Crippen LogP contribution is -2.44. The number of hydrogen-bond acceptors (Lipinski definition) is 3. The molecule has 0 heterocycles. The summed E-state index contributed by atoms with van der Waals surface area (Å²) < 4.78 is 48.3. The number of hydrogen-bond donors (Lipinski definition) is 1.